The minimum atomic E-state index is 0.245. The van der Waals surface area contributed by atoms with Gasteiger partial charge in [0.2, 0.25) is 0 Å². The van der Waals surface area contributed by atoms with Crippen molar-refractivity contribution in [3.63, 3.8) is 0 Å². The van der Waals surface area contributed by atoms with Gasteiger partial charge in [-0.15, -0.1) is 0 Å². The second-order valence-corrected chi connectivity index (χ2v) is 4.85. The fraction of sp³-hybridized carbons (Fsp3) is 0.667. The van der Waals surface area contributed by atoms with Crippen LogP contribution in [0.1, 0.15) is 30.7 Å². The molecule has 94 valence electrons. The van der Waals surface area contributed by atoms with Crippen LogP contribution in [0.3, 0.4) is 0 Å². The SMILES string of the molecule is COC1CCCC1Nc1nc(C)c(C)nc1Cl. The Bertz CT molecular complexity index is 411. The summed E-state index contributed by atoms with van der Waals surface area (Å²) in [7, 11) is 1.75. The van der Waals surface area contributed by atoms with Crippen LogP contribution >= 0.6 is 11.6 Å². The van der Waals surface area contributed by atoms with Crippen LogP contribution in [-0.2, 0) is 4.74 Å². The first-order valence-electron chi connectivity index (χ1n) is 5.92. The first kappa shape index (κ1) is 12.6. The Hall–Kier alpha value is -0.870. The second-order valence-electron chi connectivity index (χ2n) is 4.49. The topological polar surface area (TPSA) is 47.0 Å². The van der Waals surface area contributed by atoms with E-state index in [9.17, 15) is 0 Å². The zero-order valence-electron chi connectivity index (χ0n) is 10.5. The van der Waals surface area contributed by atoms with Crippen molar-refractivity contribution in [2.45, 2.75) is 45.3 Å². The number of nitrogens with one attached hydrogen (secondary N) is 1. The molecule has 2 unspecified atom stereocenters. The molecule has 1 aliphatic rings. The quantitative estimate of drug-likeness (QED) is 0.902. The molecule has 1 aromatic heterocycles. The number of aromatic nitrogens is 2. The Labute approximate surface area is 107 Å². The van der Waals surface area contributed by atoms with Gasteiger partial charge in [-0.05, 0) is 33.1 Å². The predicted octanol–water partition coefficient (Wildman–Crippen LogP) is 2.73. The first-order valence-corrected chi connectivity index (χ1v) is 6.29. The van der Waals surface area contributed by atoms with Crippen molar-refractivity contribution in [1.29, 1.82) is 0 Å². The molecule has 17 heavy (non-hydrogen) atoms. The lowest BCUT2D eigenvalue weighted by Crippen LogP contribution is -2.30. The fourth-order valence-corrected chi connectivity index (χ4v) is 2.44. The number of hydrogen-bond acceptors (Lipinski definition) is 4. The number of hydrogen-bond donors (Lipinski definition) is 1. The third-order valence-electron chi connectivity index (χ3n) is 3.34. The van der Waals surface area contributed by atoms with Gasteiger partial charge in [-0.25, -0.2) is 9.97 Å². The van der Waals surface area contributed by atoms with Gasteiger partial charge in [0.05, 0.1) is 23.5 Å². The van der Waals surface area contributed by atoms with E-state index in [4.69, 9.17) is 16.3 Å². The van der Waals surface area contributed by atoms with Crippen molar-refractivity contribution < 1.29 is 4.74 Å². The lowest BCUT2D eigenvalue weighted by atomic mass is 10.2. The Morgan fingerprint density at radius 3 is 2.65 bits per heavy atom. The maximum absolute atomic E-state index is 6.09. The molecular formula is C12H18ClN3O. The van der Waals surface area contributed by atoms with E-state index in [-0.39, 0.29) is 12.1 Å². The second kappa shape index (κ2) is 5.19. The smallest absolute Gasteiger partial charge is 0.171 e. The lowest BCUT2D eigenvalue weighted by Gasteiger charge is -2.20. The summed E-state index contributed by atoms with van der Waals surface area (Å²) in [4.78, 5) is 8.71. The molecule has 0 amide bonds. The molecule has 0 saturated heterocycles. The molecule has 1 aromatic rings. The summed E-state index contributed by atoms with van der Waals surface area (Å²) in [5, 5.41) is 3.79. The summed E-state index contributed by atoms with van der Waals surface area (Å²) < 4.78 is 5.44. The minimum absolute atomic E-state index is 0.245. The van der Waals surface area contributed by atoms with Gasteiger partial charge in [-0.2, -0.15) is 0 Å². The van der Waals surface area contributed by atoms with Crippen LogP contribution in [0, 0.1) is 13.8 Å². The molecule has 0 spiro atoms. The molecule has 0 aliphatic heterocycles. The van der Waals surface area contributed by atoms with E-state index in [2.05, 4.69) is 15.3 Å². The predicted molar refractivity (Wildman–Crippen MR) is 68.6 cm³/mol. The Morgan fingerprint density at radius 1 is 1.24 bits per heavy atom. The highest BCUT2D eigenvalue weighted by atomic mass is 35.5. The Kier molecular flexibility index (Phi) is 3.84. The molecule has 0 radical (unpaired) electrons. The van der Waals surface area contributed by atoms with Crippen LogP contribution in [0.4, 0.5) is 5.82 Å². The number of halogens is 1. The fourth-order valence-electron chi connectivity index (χ4n) is 2.22. The van der Waals surface area contributed by atoms with Crippen LogP contribution < -0.4 is 5.32 Å². The standard InChI is InChI=1S/C12H18ClN3O/c1-7-8(2)15-12(11(13)14-7)16-9-5-4-6-10(9)17-3/h9-10H,4-6H2,1-3H3,(H,15,16). The summed E-state index contributed by atoms with van der Waals surface area (Å²) in [5.74, 6) is 0.670. The molecule has 2 rings (SSSR count). The van der Waals surface area contributed by atoms with E-state index in [1.165, 1.54) is 6.42 Å². The van der Waals surface area contributed by atoms with Crippen molar-refractivity contribution in [3.8, 4) is 0 Å². The van der Waals surface area contributed by atoms with Crippen LogP contribution in [0.5, 0.6) is 0 Å². The lowest BCUT2D eigenvalue weighted by molar-refractivity contribution is 0.101. The molecule has 0 bridgehead atoms. The van der Waals surface area contributed by atoms with E-state index in [1.54, 1.807) is 7.11 Å². The number of nitrogens with zero attached hydrogens (tertiary/aromatic N) is 2. The van der Waals surface area contributed by atoms with Crippen LogP contribution in [-0.4, -0.2) is 29.2 Å². The third-order valence-corrected chi connectivity index (χ3v) is 3.61. The van der Waals surface area contributed by atoms with Crippen molar-refractivity contribution in [3.05, 3.63) is 16.5 Å². The van der Waals surface area contributed by atoms with E-state index < -0.39 is 0 Å². The Balaban J connectivity index is 2.15. The molecule has 0 aromatic carbocycles. The zero-order valence-corrected chi connectivity index (χ0v) is 11.2. The molecule has 1 N–H and O–H groups in total. The molecule has 5 heteroatoms. The van der Waals surface area contributed by atoms with Gasteiger partial charge in [0.1, 0.15) is 0 Å². The van der Waals surface area contributed by atoms with Gasteiger partial charge in [0.25, 0.3) is 0 Å². The first-order chi connectivity index (χ1) is 8.11. The zero-order chi connectivity index (χ0) is 12.4. The highest BCUT2D eigenvalue weighted by Gasteiger charge is 2.28. The van der Waals surface area contributed by atoms with Gasteiger partial charge >= 0.3 is 0 Å². The molecule has 1 heterocycles. The van der Waals surface area contributed by atoms with Crippen LogP contribution in [0.25, 0.3) is 0 Å². The minimum Gasteiger partial charge on any atom is -0.379 e. The summed E-state index contributed by atoms with van der Waals surface area (Å²) in [6, 6.07) is 0.286. The van der Waals surface area contributed by atoms with Crippen molar-refractivity contribution in [2.24, 2.45) is 0 Å². The van der Waals surface area contributed by atoms with Crippen molar-refractivity contribution >= 4 is 17.4 Å². The largest absolute Gasteiger partial charge is 0.379 e. The van der Waals surface area contributed by atoms with Gasteiger partial charge in [-0.1, -0.05) is 11.6 Å². The number of methoxy groups -OCH3 is 1. The average Bonchev–Trinajstić information content (AvgIpc) is 2.73. The molecular weight excluding hydrogens is 238 g/mol. The number of aryl methyl sites for hydroxylation is 2. The number of anilines is 1. The molecule has 1 fully saturated rings. The van der Waals surface area contributed by atoms with Crippen LogP contribution in [0.15, 0.2) is 0 Å². The van der Waals surface area contributed by atoms with E-state index in [0.717, 1.165) is 24.2 Å². The maximum Gasteiger partial charge on any atom is 0.171 e. The summed E-state index contributed by atoms with van der Waals surface area (Å²) >= 11 is 6.09. The molecule has 1 aliphatic carbocycles. The normalized spacial score (nSPS) is 24.0. The van der Waals surface area contributed by atoms with Crippen molar-refractivity contribution in [2.75, 3.05) is 12.4 Å². The van der Waals surface area contributed by atoms with Gasteiger partial charge in [-0.3, -0.25) is 0 Å². The highest BCUT2D eigenvalue weighted by molar-refractivity contribution is 6.31. The summed E-state index contributed by atoms with van der Waals surface area (Å²) in [5.41, 5.74) is 1.78. The van der Waals surface area contributed by atoms with E-state index in [1.807, 2.05) is 13.8 Å². The average molecular weight is 256 g/mol. The number of ether oxygens (including phenoxy) is 1. The number of rotatable bonds is 3. The van der Waals surface area contributed by atoms with E-state index in [0.29, 0.717) is 11.0 Å². The molecule has 1 saturated carbocycles. The maximum atomic E-state index is 6.09. The molecule has 2 atom stereocenters. The van der Waals surface area contributed by atoms with Gasteiger partial charge < -0.3 is 10.1 Å². The van der Waals surface area contributed by atoms with Crippen molar-refractivity contribution in [1.82, 2.24) is 9.97 Å². The van der Waals surface area contributed by atoms with Gasteiger partial charge in [0, 0.05) is 7.11 Å². The monoisotopic (exact) mass is 255 g/mol. The van der Waals surface area contributed by atoms with E-state index >= 15 is 0 Å². The van der Waals surface area contributed by atoms with Crippen LogP contribution in [0.2, 0.25) is 5.15 Å². The molecule has 4 nitrogen and oxygen atoms in total. The summed E-state index contributed by atoms with van der Waals surface area (Å²) in [6.45, 7) is 3.85. The summed E-state index contributed by atoms with van der Waals surface area (Å²) in [6.07, 6.45) is 3.59. The third kappa shape index (κ3) is 2.69. The van der Waals surface area contributed by atoms with Gasteiger partial charge in [0.15, 0.2) is 11.0 Å². The Morgan fingerprint density at radius 2 is 1.94 bits per heavy atom. The highest BCUT2D eigenvalue weighted by Crippen LogP contribution is 2.27.